The van der Waals surface area contributed by atoms with E-state index in [-0.39, 0.29) is 6.04 Å². The summed E-state index contributed by atoms with van der Waals surface area (Å²) in [4.78, 5) is 2.42. The Hall–Kier alpha value is 0.230. The third kappa shape index (κ3) is 4.41. The Morgan fingerprint density at radius 3 is 2.22 bits per heavy atom. The minimum atomic E-state index is -0.556. The molecule has 1 saturated heterocycles. The second kappa shape index (κ2) is 7.73. The molecular formula is C14H29NO2S. The van der Waals surface area contributed by atoms with E-state index in [2.05, 4.69) is 32.6 Å². The lowest BCUT2D eigenvalue weighted by molar-refractivity contribution is -0.0729. The molecule has 1 fully saturated rings. The molecule has 0 bridgehead atoms. The molecule has 1 aliphatic heterocycles. The summed E-state index contributed by atoms with van der Waals surface area (Å²) in [6.45, 7) is 12.1. The van der Waals surface area contributed by atoms with Gasteiger partial charge in [-0.05, 0) is 18.1 Å². The van der Waals surface area contributed by atoms with E-state index in [0.29, 0.717) is 5.25 Å². The molecular weight excluding hydrogens is 246 g/mol. The van der Waals surface area contributed by atoms with Crippen LogP contribution >= 0.6 is 11.8 Å². The van der Waals surface area contributed by atoms with Gasteiger partial charge in [0.05, 0.1) is 18.8 Å². The lowest BCUT2D eigenvalue weighted by Crippen LogP contribution is -2.57. The molecule has 1 rings (SSSR count). The van der Waals surface area contributed by atoms with E-state index in [4.69, 9.17) is 4.74 Å². The van der Waals surface area contributed by atoms with Crippen LogP contribution in [0.15, 0.2) is 0 Å². The molecule has 1 N–H and O–H groups in total. The largest absolute Gasteiger partial charge is 0.388 e. The van der Waals surface area contributed by atoms with Gasteiger partial charge in [0.15, 0.2) is 0 Å². The van der Waals surface area contributed by atoms with Crippen molar-refractivity contribution in [2.24, 2.45) is 0 Å². The zero-order valence-electron chi connectivity index (χ0n) is 12.3. The molecule has 0 unspecified atom stereocenters. The predicted octanol–water partition coefficient (Wildman–Crippen LogP) is 2.38. The van der Waals surface area contributed by atoms with Crippen molar-refractivity contribution in [2.45, 2.75) is 57.4 Å². The molecule has 1 aliphatic rings. The Morgan fingerprint density at radius 1 is 1.22 bits per heavy atom. The molecule has 0 radical (unpaired) electrons. The quantitative estimate of drug-likeness (QED) is 0.773. The lowest BCUT2D eigenvalue weighted by atomic mass is 9.88. The molecule has 18 heavy (non-hydrogen) atoms. The molecule has 0 spiro atoms. The number of hydrogen-bond donors (Lipinski definition) is 1. The maximum Gasteiger partial charge on any atom is 0.0805 e. The Labute approximate surface area is 116 Å². The van der Waals surface area contributed by atoms with Crippen molar-refractivity contribution in [3.05, 3.63) is 0 Å². The minimum absolute atomic E-state index is 0.254. The Kier molecular flexibility index (Phi) is 6.99. The third-order valence-corrected chi connectivity index (χ3v) is 5.09. The maximum atomic E-state index is 10.9. The van der Waals surface area contributed by atoms with Gasteiger partial charge in [0.2, 0.25) is 0 Å². The van der Waals surface area contributed by atoms with E-state index in [1.54, 1.807) is 0 Å². The van der Waals surface area contributed by atoms with E-state index < -0.39 is 5.60 Å². The topological polar surface area (TPSA) is 32.7 Å². The number of hydrogen-bond acceptors (Lipinski definition) is 4. The second-order valence-electron chi connectivity index (χ2n) is 5.36. The number of thioether (sulfide) groups is 1. The van der Waals surface area contributed by atoms with Crippen molar-refractivity contribution in [1.82, 2.24) is 4.90 Å². The van der Waals surface area contributed by atoms with E-state index >= 15 is 0 Å². The van der Waals surface area contributed by atoms with Crippen LogP contribution in [0.1, 0.15) is 40.5 Å². The minimum Gasteiger partial charge on any atom is -0.388 e. The summed E-state index contributed by atoms with van der Waals surface area (Å²) < 4.78 is 5.43. The van der Waals surface area contributed by atoms with Gasteiger partial charge in [0.25, 0.3) is 0 Å². The zero-order chi connectivity index (χ0) is 13.6. The van der Waals surface area contributed by atoms with Crippen LogP contribution in [0.2, 0.25) is 0 Å². The van der Waals surface area contributed by atoms with Crippen molar-refractivity contribution < 1.29 is 9.84 Å². The van der Waals surface area contributed by atoms with Crippen LogP contribution < -0.4 is 0 Å². The van der Waals surface area contributed by atoms with Gasteiger partial charge < -0.3 is 9.84 Å². The molecule has 1 atom stereocenters. The fourth-order valence-electron chi connectivity index (χ4n) is 2.49. The summed E-state index contributed by atoms with van der Waals surface area (Å²) in [5.41, 5.74) is -0.556. The summed E-state index contributed by atoms with van der Waals surface area (Å²) in [5.74, 6) is 1.01. The molecule has 108 valence electrons. The van der Waals surface area contributed by atoms with Gasteiger partial charge in [0.1, 0.15) is 0 Å². The fraction of sp³-hybridized carbons (Fsp3) is 1.00. The number of ether oxygens (including phenoxy) is 1. The SMILES string of the molecule is CCC(O)(CC)[C@H](CSC(C)C)N1CCOCC1. The third-order valence-electron chi connectivity index (χ3n) is 3.92. The van der Waals surface area contributed by atoms with Crippen LogP contribution in [0.5, 0.6) is 0 Å². The Morgan fingerprint density at radius 2 is 1.78 bits per heavy atom. The normalized spacial score (nSPS) is 20.3. The summed E-state index contributed by atoms with van der Waals surface area (Å²) in [6.07, 6.45) is 1.65. The van der Waals surface area contributed by atoms with Crippen molar-refractivity contribution in [3.63, 3.8) is 0 Å². The highest BCUT2D eigenvalue weighted by atomic mass is 32.2. The molecule has 4 heteroatoms. The van der Waals surface area contributed by atoms with Crippen LogP contribution in [0.3, 0.4) is 0 Å². The molecule has 1 heterocycles. The van der Waals surface area contributed by atoms with E-state index in [0.717, 1.165) is 44.9 Å². The van der Waals surface area contributed by atoms with Crippen LogP contribution in [-0.4, -0.2) is 59.0 Å². The lowest BCUT2D eigenvalue weighted by Gasteiger charge is -2.44. The van der Waals surface area contributed by atoms with Gasteiger partial charge >= 0.3 is 0 Å². The monoisotopic (exact) mass is 275 g/mol. The average molecular weight is 275 g/mol. The number of rotatable bonds is 7. The van der Waals surface area contributed by atoms with Gasteiger partial charge in [0, 0.05) is 24.9 Å². The Bertz CT molecular complexity index is 226. The molecule has 0 aromatic carbocycles. The van der Waals surface area contributed by atoms with Crippen LogP contribution in [0.25, 0.3) is 0 Å². The van der Waals surface area contributed by atoms with Gasteiger partial charge in [-0.3, -0.25) is 4.90 Å². The summed E-state index contributed by atoms with van der Waals surface area (Å²) >= 11 is 1.95. The highest BCUT2D eigenvalue weighted by Crippen LogP contribution is 2.28. The molecule has 0 aromatic heterocycles. The highest BCUT2D eigenvalue weighted by molar-refractivity contribution is 7.99. The first-order chi connectivity index (χ1) is 8.53. The molecule has 0 saturated carbocycles. The van der Waals surface area contributed by atoms with Crippen LogP contribution in [0, 0.1) is 0 Å². The molecule has 0 aliphatic carbocycles. The summed E-state index contributed by atoms with van der Waals surface area (Å²) in [7, 11) is 0. The first kappa shape index (κ1) is 16.3. The van der Waals surface area contributed by atoms with Crippen molar-refractivity contribution >= 4 is 11.8 Å². The summed E-state index contributed by atoms with van der Waals surface area (Å²) in [6, 6.07) is 0.254. The first-order valence-electron chi connectivity index (χ1n) is 7.19. The fourth-order valence-corrected chi connectivity index (χ4v) is 3.58. The van der Waals surface area contributed by atoms with E-state index in [9.17, 15) is 5.11 Å². The highest BCUT2D eigenvalue weighted by Gasteiger charge is 2.37. The summed E-state index contributed by atoms with van der Waals surface area (Å²) in [5, 5.41) is 11.5. The van der Waals surface area contributed by atoms with E-state index in [1.165, 1.54) is 0 Å². The van der Waals surface area contributed by atoms with Crippen molar-refractivity contribution in [3.8, 4) is 0 Å². The Balaban J connectivity index is 2.72. The zero-order valence-corrected chi connectivity index (χ0v) is 13.1. The second-order valence-corrected chi connectivity index (χ2v) is 6.97. The predicted molar refractivity (Wildman–Crippen MR) is 79.3 cm³/mol. The van der Waals surface area contributed by atoms with Crippen LogP contribution in [0.4, 0.5) is 0 Å². The van der Waals surface area contributed by atoms with Crippen molar-refractivity contribution in [2.75, 3.05) is 32.1 Å². The van der Waals surface area contributed by atoms with Gasteiger partial charge in [-0.25, -0.2) is 0 Å². The van der Waals surface area contributed by atoms with Gasteiger partial charge in [-0.2, -0.15) is 11.8 Å². The van der Waals surface area contributed by atoms with E-state index in [1.807, 2.05) is 11.8 Å². The average Bonchev–Trinajstić information content (AvgIpc) is 2.39. The smallest absolute Gasteiger partial charge is 0.0805 e. The number of aliphatic hydroxyl groups is 1. The van der Waals surface area contributed by atoms with Gasteiger partial charge in [-0.15, -0.1) is 0 Å². The number of morpholine rings is 1. The molecule has 0 amide bonds. The standard InChI is InChI=1S/C14H29NO2S/c1-5-14(16,6-2)13(11-18-12(3)4)15-7-9-17-10-8-15/h12-13,16H,5-11H2,1-4H3/t13-/m0/s1. The molecule has 0 aromatic rings. The van der Waals surface area contributed by atoms with Crippen molar-refractivity contribution in [1.29, 1.82) is 0 Å². The van der Waals surface area contributed by atoms with Gasteiger partial charge in [-0.1, -0.05) is 27.7 Å². The van der Waals surface area contributed by atoms with Crippen LogP contribution in [-0.2, 0) is 4.74 Å². The number of nitrogens with zero attached hydrogens (tertiary/aromatic N) is 1. The first-order valence-corrected chi connectivity index (χ1v) is 8.24. The molecule has 3 nitrogen and oxygen atoms in total. The maximum absolute atomic E-state index is 10.9.